The fourth-order valence-electron chi connectivity index (χ4n) is 2.33. The molecule has 0 saturated carbocycles. The minimum absolute atomic E-state index is 0.0795. The van der Waals surface area contributed by atoms with Crippen molar-refractivity contribution in [1.82, 2.24) is 0 Å². The molecule has 0 aromatic heterocycles. The summed E-state index contributed by atoms with van der Waals surface area (Å²) in [6, 6.07) is 6.24. The number of hydrogen-bond acceptors (Lipinski definition) is 1. The molecule has 0 bridgehead atoms. The number of ketones is 1. The Morgan fingerprint density at radius 1 is 1.19 bits per heavy atom. The van der Waals surface area contributed by atoms with Gasteiger partial charge in [-0.05, 0) is 41.9 Å². The van der Waals surface area contributed by atoms with Crippen molar-refractivity contribution >= 4 is 5.78 Å². The van der Waals surface area contributed by atoms with E-state index in [2.05, 4.69) is 32.9 Å². The van der Waals surface area contributed by atoms with Crippen molar-refractivity contribution in [1.29, 1.82) is 0 Å². The Bertz CT molecular complexity index is 410. The van der Waals surface area contributed by atoms with E-state index in [0.717, 1.165) is 12.0 Å². The number of rotatable bonds is 2. The van der Waals surface area contributed by atoms with Gasteiger partial charge in [0.15, 0.2) is 5.78 Å². The molecule has 0 radical (unpaired) electrons. The number of benzene rings is 1. The first-order valence-corrected chi connectivity index (χ1v) is 6.11. The number of aryl methyl sites for hydroxylation is 2. The minimum Gasteiger partial charge on any atom is -0.294 e. The Kier molecular flexibility index (Phi) is 2.88. The number of hydrogen-bond donors (Lipinski definition) is 0. The van der Waals surface area contributed by atoms with Crippen LogP contribution in [0.4, 0.5) is 0 Å². The molecule has 0 N–H and O–H groups in total. The molecular weight excluding hydrogens is 196 g/mol. The molecule has 1 aromatic carbocycles. The van der Waals surface area contributed by atoms with Crippen LogP contribution in [-0.2, 0) is 12.8 Å². The van der Waals surface area contributed by atoms with Gasteiger partial charge in [0.2, 0.25) is 0 Å². The van der Waals surface area contributed by atoms with Crippen molar-refractivity contribution in [2.45, 2.75) is 46.5 Å². The smallest absolute Gasteiger partial charge is 0.163 e. The lowest BCUT2D eigenvalue weighted by Gasteiger charge is -2.17. The van der Waals surface area contributed by atoms with Crippen molar-refractivity contribution < 1.29 is 4.79 Å². The molecule has 0 unspecified atom stereocenters. The first kappa shape index (κ1) is 11.4. The van der Waals surface area contributed by atoms with Gasteiger partial charge in [-0.15, -0.1) is 0 Å². The highest BCUT2D eigenvalue weighted by atomic mass is 16.1. The maximum atomic E-state index is 12.1. The van der Waals surface area contributed by atoms with Crippen LogP contribution in [0.3, 0.4) is 0 Å². The zero-order chi connectivity index (χ0) is 11.8. The van der Waals surface area contributed by atoms with Crippen molar-refractivity contribution in [2.75, 3.05) is 0 Å². The second-order valence-electron chi connectivity index (χ2n) is 6.00. The largest absolute Gasteiger partial charge is 0.294 e. The quantitative estimate of drug-likeness (QED) is 0.687. The Morgan fingerprint density at radius 2 is 1.88 bits per heavy atom. The molecule has 0 atom stereocenters. The van der Waals surface area contributed by atoms with Crippen LogP contribution in [0, 0.1) is 5.41 Å². The van der Waals surface area contributed by atoms with Crippen LogP contribution in [-0.4, -0.2) is 5.78 Å². The fourth-order valence-corrected chi connectivity index (χ4v) is 2.33. The monoisotopic (exact) mass is 216 g/mol. The molecule has 16 heavy (non-hydrogen) atoms. The molecule has 2 rings (SSSR count). The summed E-state index contributed by atoms with van der Waals surface area (Å²) in [6.45, 7) is 6.33. The summed E-state index contributed by atoms with van der Waals surface area (Å²) >= 11 is 0. The van der Waals surface area contributed by atoms with Gasteiger partial charge >= 0.3 is 0 Å². The van der Waals surface area contributed by atoms with Gasteiger partial charge in [0, 0.05) is 12.0 Å². The highest BCUT2D eigenvalue weighted by Gasteiger charge is 2.19. The van der Waals surface area contributed by atoms with Gasteiger partial charge in [-0.25, -0.2) is 0 Å². The third-order valence-electron chi connectivity index (χ3n) is 3.11. The van der Waals surface area contributed by atoms with E-state index in [1.807, 2.05) is 6.07 Å². The van der Waals surface area contributed by atoms with Gasteiger partial charge < -0.3 is 0 Å². The van der Waals surface area contributed by atoms with Crippen LogP contribution < -0.4 is 0 Å². The molecule has 86 valence electrons. The summed E-state index contributed by atoms with van der Waals surface area (Å²) in [5.74, 6) is 0.280. The molecular formula is C15H20O. The average molecular weight is 216 g/mol. The van der Waals surface area contributed by atoms with Crippen LogP contribution in [0.25, 0.3) is 0 Å². The lowest BCUT2D eigenvalue weighted by Crippen LogP contribution is -2.13. The van der Waals surface area contributed by atoms with Crippen LogP contribution in [0.5, 0.6) is 0 Å². The molecule has 0 heterocycles. The van der Waals surface area contributed by atoms with E-state index in [9.17, 15) is 4.79 Å². The second kappa shape index (κ2) is 4.04. The average Bonchev–Trinajstić information content (AvgIpc) is 2.61. The van der Waals surface area contributed by atoms with E-state index in [-0.39, 0.29) is 11.2 Å². The third kappa shape index (κ3) is 2.52. The summed E-state index contributed by atoms with van der Waals surface area (Å²) in [7, 11) is 0. The summed E-state index contributed by atoms with van der Waals surface area (Å²) in [6.07, 6.45) is 4.20. The van der Waals surface area contributed by atoms with Gasteiger partial charge in [-0.3, -0.25) is 4.79 Å². The molecule has 1 aromatic rings. The molecule has 0 spiro atoms. The molecule has 1 aliphatic rings. The number of Topliss-reactive ketones (excluding diaryl/α,β-unsaturated/α-hetero) is 1. The van der Waals surface area contributed by atoms with Gasteiger partial charge in [-0.1, -0.05) is 32.9 Å². The van der Waals surface area contributed by atoms with Gasteiger partial charge in [0.25, 0.3) is 0 Å². The summed E-state index contributed by atoms with van der Waals surface area (Å²) in [5.41, 5.74) is 3.80. The number of fused-ring (bicyclic) bond motifs is 1. The van der Waals surface area contributed by atoms with Crippen LogP contribution >= 0.6 is 0 Å². The van der Waals surface area contributed by atoms with Crippen molar-refractivity contribution in [3.63, 3.8) is 0 Å². The van der Waals surface area contributed by atoms with Crippen LogP contribution in [0.15, 0.2) is 18.2 Å². The molecule has 1 heteroatoms. The lowest BCUT2D eigenvalue weighted by molar-refractivity contribution is 0.0940. The summed E-state index contributed by atoms with van der Waals surface area (Å²) < 4.78 is 0. The minimum atomic E-state index is 0.0795. The van der Waals surface area contributed by atoms with E-state index in [1.165, 1.54) is 24.0 Å². The van der Waals surface area contributed by atoms with Crippen molar-refractivity contribution in [3.8, 4) is 0 Å². The lowest BCUT2D eigenvalue weighted by atomic mass is 9.87. The van der Waals surface area contributed by atoms with E-state index >= 15 is 0 Å². The SMILES string of the molecule is CC(C)(C)CC(=O)c1ccc2c(c1)CCC2. The Labute approximate surface area is 97.9 Å². The van der Waals surface area contributed by atoms with Crippen molar-refractivity contribution in [2.24, 2.45) is 5.41 Å². The maximum absolute atomic E-state index is 12.1. The van der Waals surface area contributed by atoms with Gasteiger partial charge in [0.1, 0.15) is 0 Å². The highest BCUT2D eigenvalue weighted by Crippen LogP contribution is 2.26. The molecule has 0 fully saturated rings. The zero-order valence-corrected chi connectivity index (χ0v) is 10.5. The first-order chi connectivity index (χ1) is 7.46. The summed E-state index contributed by atoms with van der Waals surface area (Å²) in [4.78, 5) is 12.1. The van der Waals surface area contributed by atoms with E-state index < -0.39 is 0 Å². The predicted octanol–water partition coefficient (Wildman–Crippen LogP) is 3.79. The predicted molar refractivity (Wildman–Crippen MR) is 66.9 cm³/mol. The zero-order valence-electron chi connectivity index (χ0n) is 10.5. The Morgan fingerprint density at radius 3 is 2.56 bits per heavy atom. The Hall–Kier alpha value is -1.11. The number of carbonyl (C=O) groups is 1. The summed E-state index contributed by atoms with van der Waals surface area (Å²) in [5, 5.41) is 0. The number of carbonyl (C=O) groups excluding carboxylic acids is 1. The van der Waals surface area contributed by atoms with Crippen molar-refractivity contribution in [3.05, 3.63) is 34.9 Å². The normalized spacial score (nSPS) is 14.9. The molecule has 1 nitrogen and oxygen atoms in total. The third-order valence-corrected chi connectivity index (χ3v) is 3.11. The molecule has 0 amide bonds. The highest BCUT2D eigenvalue weighted by molar-refractivity contribution is 5.96. The molecule has 0 aliphatic heterocycles. The van der Waals surface area contributed by atoms with E-state index in [0.29, 0.717) is 6.42 Å². The fraction of sp³-hybridized carbons (Fsp3) is 0.533. The molecule has 1 aliphatic carbocycles. The van der Waals surface area contributed by atoms with Crippen LogP contribution in [0.1, 0.15) is 55.1 Å². The standard InChI is InChI=1S/C15H20O/c1-15(2,3)10-14(16)13-8-7-11-5-4-6-12(11)9-13/h7-9H,4-6,10H2,1-3H3. The maximum Gasteiger partial charge on any atom is 0.163 e. The Balaban J connectivity index is 2.19. The van der Waals surface area contributed by atoms with Crippen LogP contribution in [0.2, 0.25) is 0 Å². The topological polar surface area (TPSA) is 17.1 Å². The second-order valence-corrected chi connectivity index (χ2v) is 6.00. The van der Waals surface area contributed by atoms with Gasteiger partial charge in [-0.2, -0.15) is 0 Å². The van der Waals surface area contributed by atoms with E-state index in [1.54, 1.807) is 0 Å². The molecule has 0 saturated heterocycles. The van der Waals surface area contributed by atoms with Gasteiger partial charge in [0.05, 0.1) is 0 Å². The van der Waals surface area contributed by atoms with E-state index in [4.69, 9.17) is 0 Å². The first-order valence-electron chi connectivity index (χ1n) is 6.11.